The van der Waals surface area contributed by atoms with E-state index in [1.54, 1.807) is 21.3 Å². The molecule has 0 aromatic heterocycles. The Morgan fingerprint density at radius 1 is 0.885 bits per heavy atom. The third-order valence-corrected chi connectivity index (χ3v) is 3.90. The van der Waals surface area contributed by atoms with Crippen LogP contribution in [0.3, 0.4) is 0 Å². The molecular formula is C20H26N2O4. The predicted molar refractivity (Wildman–Crippen MR) is 103 cm³/mol. The van der Waals surface area contributed by atoms with Gasteiger partial charge in [0.25, 0.3) is 0 Å². The molecule has 0 fully saturated rings. The van der Waals surface area contributed by atoms with Crippen molar-refractivity contribution in [3.05, 3.63) is 47.0 Å². The van der Waals surface area contributed by atoms with E-state index in [1.807, 2.05) is 38.1 Å². The summed E-state index contributed by atoms with van der Waals surface area (Å²) in [6.07, 6.45) is 0.636. The molecule has 0 atom stereocenters. The first kappa shape index (κ1) is 19.4. The van der Waals surface area contributed by atoms with E-state index in [2.05, 4.69) is 16.7 Å². The van der Waals surface area contributed by atoms with Gasteiger partial charge in [0.2, 0.25) is 5.75 Å². The van der Waals surface area contributed by atoms with Gasteiger partial charge in [-0.1, -0.05) is 6.07 Å². The van der Waals surface area contributed by atoms with Crippen LogP contribution in [0.1, 0.15) is 16.7 Å². The molecule has 6 nitrogen and oxygen atoms in total. The fraction of sp³-hybridized carbons (Fsp3) is 0.350. The summed E-state index contributed by atoms with van der Waals surface area (Å²) in [5.74, 6) is 1.75. The van der Waals surface area contributed by atoms with Crippen LogP contribution in [0.2, 0.25) is 0 Å². The largest absolute Gasteiger partial charge is 0.493 e. The van der Waals surface area contributed by atoms with E-state index in [4.69, 9.17) is 14.2 Å². The predicted octanol–water partition coefficient (Wildman–Crippen LogP) is 3.69. The summed E-state index contributed by atoms with van der Waals surface area (Å²) in [6, 6.07) is 9.46. The first-order valence-corrected chi connectivity index (χ1v) is 8.39. The molecule has 0 saturated heterocycles. The molecule has 0 aliphatic carbocycles. The van der Waals surface area contributed by atoms with E-state index in [0.717, 1.165) is 22.4 Å². The van der Waals surface area contributed by atoms with Crippen LogP contribution in [0.25, 0.3) is 0 Å². The number of hydrogen-bond acceptors (Lipinski definition) is 4. The fourth-order valence-corrected chi connectivity index (χ4v) is 2.82. The lowest BCUT2D eigenvalue weighted by molar-refractivity contribution is 0.252. The van der Waals surface area contributed by atoms with Gasteiger partial charge in [-0.3, -0.25) is 0 Å². The van der Waals surface area contributed by atoms with Crippen LogP contribution >= 0.6 is 0 Å². The van der Waals surface area contributed by atoms with Crippen LogP contribution in [-0.4, -0.2) is 33.9 Å². The van der Waals surface area contributed by atoms with E-state index < -0.39 is 0 Å². The summed E-state index contributed by atoms with van der Waals surface area (Å²) >= 11 is 0. The molecule has 0 radical (unpaired) electrons. The Kier molecular flexibility index (Phi) is 6.72. The smallest absolute Gasteiger partial charge is 0.319 e. The summed E-state index contributed by atoms with van der Waals surface area (Å²) in [6.45, 7) is 4.48. The van der Waals surface area contributed by atoms with Crippen LogP contribution in [0.4, 0.5) is 10.5 Å². The maximum Gasteiger partial charge on any atom is 0.319 e. The van der Waals surface area contributed by atoms with Crippen molar-refractivity contribution >= 4 is 11.7 Å². The normalized spacial score (nSPS) is 10.2. The SMILES string of the molecule is COc1cc(CCNC(=O)Nc2cc(C)cc(C)c2)cc(OC)c1OC. The highest BCUT2D eigenvalue weighted by molar-refractivity contribution is 5.89. The minimum absolute atomic E-state index is 0.234. The molecular weight excluding hydrogens is 332 g/mol. The Morgan fingerprint density at radius 2 is 1.46 bits per heavy atom. The van der Waals surface area contributed by atoms with Crippen molar-refractivity contribution in [3.8, 4) is 17.2 Å². The van der Waals surface area contributed by atoms with Gasteiger partial charge in [0.05, 0.1) is 21.3 Å². The van der Waals surface area contributed by atoms with Crippen molar-refractivity contribution in [3.63, 3.8) is 0 Å². The molecule has 0 heterocycles. The average Bonchev–Trinajstić information content (AvgIpc) is 2.59. The number of carbonyl (C=O) groups excluding carboxylic acids is 1. The van der Waals surface area contributed by atoms with Gasteiger partial charge >= 0.3 is 6.03 Å². The van der Waals surface area contributed by atoms with E-state index in [0.29, 0.717) is 30.2 Å². The highest BCUT2D eigenvalue weighted by Gasteiger charge is 2.13. The Balaban J connectivity index is 1.95. The number of amides is 2. The van der Waals surface area contributed by atoms with Gasteiger partial charge in [0, 0.05) is 12.2 Å². The molecule has 140 valence electrons. The van der Waals surface area contributed by atoms with E-state index in [9.17, 15) is 4.79 Å². The van der Waals surface area contributed by atoms with Gasteiger partial charge in [0.1, 0.15) is 0 Å². The van der Waals surface area contributed by atoms with Gasteiger partial charge in [-0.2, -0.15) is 0 Å². The van der Waals surface area contributed by atoms with Gasteiger partial charge in [-0.05, 0) is 61.2 Å². The van der Waals surface area contributed by atoms with Crippen LogP contribution in [0.5, 0.6) is 17.2 Å². The first-order valence-electron chi connectivity index (χ1n) is 8.39. The van der Waals surface area contributed by atoms with Crippen LogP contribution in [0.15, 0.2) is 30.3 Å². The van der Waals surface area contributed by atoms with Crippen molar-refractivity contribution in [1.29, 1.82) is 0 Å². The zero-order valence-corrected chi connectivity index (χ0v) is 15.9. The quantitative estimate of drug-likeness (QED) is 0.792. The molecule has 2 rings (SSSR count). The lowest BCUT2D eigenvalue weighted by Crippen LogP contribution is -2.30. The lowest BCUT2D eigenvalue weighted by Gasteiger charge is -2.14. The second-order valence-corrected chi connectivity index (χ2v) is 6.04. The Labute approximate surface area is 154 Å². The second kappa shape index (κ2) is 8.99. The van der Waals surface area contributed by atoms with Crippen molar-refractivity contribution in [2.24, 2.45) is 0 Å². The average molecular weight is 358 g/mol. The maximum atomic E-state index is 12.1. The van der Waals surface area contributed by atoms with E-state index >= 15 is 0 Å². The van der Waals surface area contributed by atoms with Gasteiger partial charge < -0.3 is 24.8 Å². The zero-order chi connectivity index (χ0) is 19.1. The van der Waals surface area contributed by atoms with Crippen molar-refractivity contribution in [1.82, 2.24) is 5.32 Å². The molecule has 6 heteroatoms. The van der Waals surface area contributed by atoms with Gasteiger partial charge in [-0.25, -0.2) is 4.79 Å². The molecule has 0 aliphatic rings. The number of urea groups is 1. The monoisotopic (exact) mass is 358 g/mol. The van der Waals surface area contributed by atoms with Crippen LogP contribution in [0, 0.1) is 13.8 Å². The number of aryl methyl sites for hydroxylation is 2. The molecule has 0 bridgehead atoms. The fourth-order valence-electron chi connectivity index (χ4n) is 2.82. The molecule has 0 unspecified atom stereocenters. The zero-order valence-electron chi connectivity index (χ0n) is 15.9. The summed E-state index contributed by atoms with van der Waals surface area (Å²) in [5.41, 5.74) is 3.98. The molecule has 0 aliphatic heterocycles. The molecule has 0 spiro atoms. The van der Waals surface area contributed by atoms with E-state index in [-0.39, 0.29) is 6.03 Å². The summed E-state index contributed by atoms with van der Waals surface area (Å²) in [5, 5.41) is 5.71. The number of ether oxygens (including phenoxy) is 3. The number of nitrogens with one attached hydrogen (secondary N) is 2. The van der Waals surface area contributed by atoms with Crippen LogP contribution in [-0.2, 0) is 6.42 Å². The lowest BCUT2D eigenvalue weighted by atomic mass is 10.1. The molecule has 2 N–H and O–H groups in total. The number of benzene rings is 2. The molecule has 2 aromatic rings. The standard InChI is InChI=1S/C20H26N2O4/c1-13-8-14(2)10-16(9-13)22-20(23)21-7-6-15-11-17(24-3)19(26-5)18(12-15)25-4/h8-12H,6-7H2,1-5H3,(H2,21,22,23). The molecule has 2 amide bonds. The number of methoxy groups -OCH3 is 3. The van der Waals surface area contributed by atoms with Gasteiger partial charge in [0.15, 0.2) is 11.5 Å². The molecule has 0 saturated carbocycles. The third-order valence-electron chi connectivity index (χ3n) is 3.90. The maximum absolute atomic E-state index is 12.1. The Morgan fingerprint density at radius 3 is 1.96 bits per heavy atom. The van der Waals surface area contributed by atoms with Crippen LogP contribution < -0.4 is 24.8 Å². The summed E-state index contributed by atoms with van der Waals surface area (Å²) < 4.78 is 16.0. The Hall–Kier alpha value is -2.89. The third kappa shape index (κ3) is 5.05. The number of rotatable bonds is 7. The van der Waals surface area contributed by atoms with Crippen molar-refractivity contribution in [2.45, 2.75) is 20.3 Å². The number of carbonyl (C=O) groups is 1. The van der Waals surface area contributed by atoms with Gasteiger partial charge in [-0.15, -0.1) is 0 Å². The van der Waals surface area contributed by atoms with E-state index in [1.165, 1.54) is 0 Å². The molecule has 2 aromatic carbocycles. The summed E-state index contributed by atoms with van der Waals surface area (Å²) in [7, 11) is 4.73. The van der Waals surface area contributed by atoms with Crippen molar-refractivity contribution < 1.29 is 19.0 Å². The minimum Gasteiger partial charge on any atom is -0.493 e. The highest BCUT2D eigenvalue weighted by atomic mass is 16.5. The minimum atomic E-state index is -0.234. The summed E-state index contributed by atoms with van der Waals surface area (Å²) in [4.78, 5) is 12.1. The van der Waals surface area contributed by atoms with Crippen molar-refractivity contribution in [2.75, 3.05) is 33.2 Å². The topological polar surface area (TPSA) is 68.8 Å². The second-order valence-electron chi connectivity index (χ2n) is 6.04. The first-order chi connectivity index (χ1) is 12.5. The number of hydrogen-bond donors (Lipinski definition) is 2. The highest BCUT2D eigenvalue weighted by Crippen LogP contribution is 2.38. The Bertz CT molecular complexity index is 729. The molecule has 26 heavy (non-hydrogen) atoms. The number of anilines is 1.